The van der Waals surface area contributed by atoms with Crippen LogP contribution in [0, 0.1) is 24.7 Å². The van der Waals surface area contributed by atoms with E-state index in [1.165, 1.54) is 63.8 Å². The molecule has 2 bridgehead atoms. The van der Waals surface area contributed by atoms with Crippen molar-refractivity contribution < 1.29 is 32.2 Å². The molecule has 4 rings (SSSR count). The largest absolute Gasteiger partial charge is 0.495 e. The average Bonchev–Trinajstić information content (AvgIpc) is 3.51. The first-order valence-corrected chi connectivity index (χ1v) is 14.4. The lowest BCUT2D eigenvalue weighted by molar-refractivity contribution is -0.125. The number of methoxy groups -OCH3 is 2. The first-order valence-electron chi connectivity index (χ1n) is 12.5. The second-order valence-corrected chi connectivity index (χ2v) is 12.1. The summed E-state index contributed by atoms with van der Waals surface area (Å²) in [5.41, 5.74) is 0.653. The Morgan fingerprint density at radius 3 is 2.45 bits per heavy atom. The molecule has 0 spiro atoms. The topological polar surface area (TPSA) is 120 Å². The Morgan fingerprint density at radius 2 is 1.82 bits per heavy atom. The molecule has 0 heterocycles. The molecular weight excluding hydrogens is 532 g/mol. The predicted octanol–water partition coefficient (Wildman–Crippen LogP) is 4.56. The third-order valence-corrected chi connectivity index (χ3v) is 9.27. The number of halogens is 1. The number of fused-ring (bicyclic) bond motifs is 2. The van der Waals surface area contributed by atoms with Gasteiger partial charge in [-0.2, -0.15) is 0 Å². The van der Waals surface area contributed by atoms with Gasteiger partial charge in [-0.3, -0.25) is 9.52 Å². The van der Waals surface area contributed by atoms with Crippen molar-refractivity contribution >= 4 is 39.2 Å². The molecule has 9 nitrogen and oxygen atoms in total. The van der Waals surface area contributed by atoms with Gasteiger partial charge in [0.2, 0.25) is 0 Å². The Kier molecular flexibility index (Phi) is 8.42. The molecule has 2 aromatic carbocycles. The van der Waals surface area contributed by atoms with E-state index in [4.69, 9.17) is 25.8 Å². The van der Waals surface area contributed by atoms with Crippen LogP contribution in [-0.2, 0) is 19.6 Å². The van der Waals surface area contributed by atoms with Gasteiger partial charge in [-0.05, 0) is 74.6 Å². The minimum absolute atomic E-state index is 0.0150. The van der Waals surface area contributed by atoms with E-state index < -0.39 is 22.6 Å². The highest BCUT2D eigenvalue weighted by molar-refractivity contribution is 7.92. The summed E-state index contributed by atoms with van der Waals surface area (Å²) in [6, 6.07) is 6.93. The molecule has 0 radical (unpaired) electrons. The minimum Gasteiger partial charge on any atom is -0.495 e. The third kappa shape index (κ3) is 6.02. The zero-order valence-electron chi connectivity index (χ0n) is 21.9. The molecule has 4 atom stereocenters. The molecule has 2 aliphatic carbocycles. The normalized spacial score (nSPS) is 21.0. The second-order valence-electron chi connectivity index (χ2n) is 10.0. The summed E-state index contributed by atoms with van der Waals surface area (Å²) in [7, 11) is -1.32. The highest BCUT2D eigenvalue weighted by atomic mass is 35.5. The SMILES string of the molecule is COc1cc(OC)c(NS(=O)(=O)c2ccc(C)c(C(=O)OCC(=O)N[C@@H](C)[C@@H]3C[C@H]4CC[C@H]3C4)c2)cc1Cl. The van der Waals surface area contributed by atoms with Crippen molar-refractivity contribution in [3.05, 3.63) is 46.5 Å². The fourth-order valence-electron chi connectivity index (χ4n) is 5.65. The van der Waals surface area contributed by atoms with Gasteiger partial charge < -0.3 is 19.5 Å². The zero-order chi connectivity index (χ0) is 27.6. The Bertz CT molecular complexity index is 1330. The maximum atomic E-state index is 13.1. The molecule has 2 N–H and O–H groups in total. The lowest BCUT2D eigenvalue weighted by Gasteiger charge is -2.28. The summed E-state index contributed by atoms with van der Waals surface area (Å²) in [5, 5.41) is 3.15. The number of nitrogens with one attached hydrogen (secondary N) is 2. The van der Waals surface area contributed by atoms with Crippen molar-refractivity contribution in [1.82, 2.24) is 5.32 Å². The van der Waals surface area contributed by atoms with E-state index in [-0.39, 0.29) is 38.9 Å². The molecule has 0 saturated heterocycles. The lowest BCUT2D eigenvalue weighted by atomic mass is 9.84. The van der Waals surface area contributed by atoms with E-state index in [1.807, 2.05) is 6.92 Å². The van der Waals surface area contributed by atoms with E-state index in [1.54, 1.807) is 6.92 Å². The fourth-order valence-corrected chi connectivity index (χ4v) is 6.98. The van der Waals surface area contributed by atoms with Crippen molar-refractivity contribution in [1.29, 1.82) is 0 Å². The number of carbonyl (C=O) groups excluding carboxylic acids is 2. The van der Waals surface area contributed by atoms with Crippen molar-refractivity contribution in [3.63, 3.8) is 0 Å². The summed E-state index contributed by atoms with van der Waals surface area (Å²) in [5.74, 6) is 1.25. The average molecular weight is 565 g/mol. The highest BCUT2D eigenvalue weighted by Gasteiger charge is 2.42. The molecule has 2 aliphatic rings. The number of anilines is 1. The van der Waals surface area contributed by atoms with Crippen LogP contribution in [0.2, 0.25) is 5.02 Å². The molecule has 2 fully saturated rings. The van der Waals surface area contributed by atoms with Gasteiger partial charge in [0.15, 0.2) is 6.61 Å². The second kappa shape index (κ2) is 11.4. The number of sulfonamides is 1. The number of benzene rings is 2. The van der Waals surface area contributed by atoms with E-state index in [0.29, 0.717) is 23.1 Å². The first kappa shape index (κ1) is 28.0. The summed E-state index contributed by atoms with van der Waals surface area (Å²) in [6.07, 6.45) is 4.88. The summed E-state index contributed by atoms with van der Waals surface area (Å²) < 4.78 is 44.3. The molecule has 38 heavy (non-hydrogen) atoms. The fraction of sp³-hybridized carbons (Fsp3) is 0.481. The van der Waals surface area contributed by atoms with E-state index in [9.17, 15) is 18.0 Å². The zero-order valence-corrected chi connectivity index (χ0v) is 23.4. The number of carbonyl (C=O) groups is 2. The highest BCUT2D eigenvalue weighted by Crippen LogP contribution is 2.49. The number of amides is 1. The maximum absolute atomic E-state index is 13.1. The molecule has 2 saturated carbocycles. The molecule has 0 unspecified atom stereocenters. The van der Waals surface area contributed by atoms with Crippen LogP contribution in [0.5, 0.6) is 11.5 Å². The molecule has 206 valence electrons. The molecule has 2 aromatic rings. The summed E-state index contributed by atoms with van der Waals surface area (Å²) in [4.78, 5) is 25.1. The van der Waals surface area contributed by atoms with Crippen molar-refractivity contribution in [3.8, 4) is 11.5 Å². The number of hydrogen-bond donors (Lipinski definition) is 2. The van der Waals surface area contributed by atoms with Crippen LogP contribution in [0.15, 0.2) is 35.2 Å². The first-order chi connectivity index (χ1) is 18.0. The molecule has 0 aromatic heterocycles. The quantitative estimate of drug-likeness (QED) is 0.406. The standard InChI is InChI=1S/C27H33ClN2O7S/c1-15-5-8-19(38(33,34)30-23-12-22(28)24(35-3)13-25(23)36-4)11-20(15)27(32)37-14-26(31)29-16(2)21-10-17-6-7-18(21)9-17/h5,8,11-13,16-18,21,30H,6-7,9-10,14H2,1-4H3,(H,29,31)/t16-,17-,18-,21-/m0/s1. The Labute approximate surface area is 228 Å². The van der Waals surface area contributed by atoms with Crippen LogP contribution in [0.1, 0.15) is 48.5 Å². The van der Waals surface area contributed by atoms with E-state index in [0.717, 1.165) is 12.3 Å². The van der Waals surface area contributed by atoms with Gasteiger partial charge in [-0.15, -0.1) is 0 Å². The van der Waals surface area contributed by atoms with Crippen molar-refractivity contribution in [2.75, 3.05) is 25.5 Å². The Hall–Kier alpha value is -2.98. The van der Waals surface area contributed by atoms with Gasteiger partial charge in [0.1, 0.15) is 11.5 Å². The molecule has 0 aliphatic heterocycles. The van der Waals surface area contributed by atoms with Crippen LogP contribution in [-0.4, -0.2) is 47.2 Å². The molecular formula is C27H33ClN2O7S. The van der Waals surface area contributed by atoms with Gasteiger partial charge in [0, 0.05) is 12.1 Å². The monoisotopic (exact) mass is 564 g/mol. The van der Waals surface area contributed by atoms with E-state index in [2.05, 4.69) is 10.0 Å². The third-order valence-electron chi connectivity index (χ3n) is 7.62. The van der Waals surface area contributed by atoms with Crippen LogP contribution in [0.4, 0.5) is 5.69 Å². The van der Waals surface area contributed by atoms with Gasteiger partial charge >= 0.3 is 5.97 Å². The summed E-state index contributed by atoms with van der Waals surface area (Å²) in [6.45, 7) is 3.21. The van der Waals surface area contributed by atoms with Gasteiger partial charge in [0.05, 0.1) is 35.4 Å². The van der Waals surface area contributed by atoms with Gasteiger partial charge in [-0.1, -0.05) is 24.1 Å². The van der Waals surface area contributed by atoms with Crippen molar-refractivity contribution in [2.24, 2.45) is 17.8 Å². The van der Waals surface area contributed by atoms with Crippen LogP contribution < -0.4 is 19.5 Å². The van der Waals surface area contributed by atoms with Crippen LogP contribution in [0.3, 0.4) is 0 Å². The number of hydrogen-bond acceptors (Lipinski definition) is 7. The Morgan fingerprint density at radius 1 is 1.08 bits per heavy atom. The van der Waals surface area contributed by atoms with Crippen LogP contribution >= 0.6 is 11.6 Å². The van der Waals surface area contributed by atoms with Gasteiger partial charge in [0.25, 0.3) is 15.9 Å². The lowest BCUT2D eigenvalue weighted by Crippen LogP contribution is -2.42. The Balaban J connectivity index is 1.42. The van der Waals surface area contributed by atoms with Gasteiger partial charge in [-0.25, -0.2) is 13.2 Å². The minimum atomic E-state index is -4.13. The van der Waals surface area contributed by atoms with E-state index >= 15 is 0 Å². The number of rotatable bonds is 10. The number of esters is 1. The maximum Gasteiger partial charge on any atom is 0.338 e. The number of ether oxygens (including phenoxy) is 3. The van der Waals surface area contributed by atoms with Crippen LogP contribution in [0.25, 0.3) is 0 Å². The number of aryl methyl sites for hydroxylation is 1. The predicted molar refractivity (Wildman–Crippen MR) is 143 cm³/mol. The molecule has 11 heteroatoms. The summed E-state index contributed by atoms with van der Waals surface area (Å²) >= 11 is 6.16. The smallest absolute Gasteiger partial charge is 0.338 e. The molecule has 1 amide bonds. The van der Waals surface area contributed by atoms with Crippen molar-refractivity contribution in [2.45, 2.75) is 50.5 Å².